The predicted octanol–water partition coefficient (Wildman–Crippen LogP) is 2.03. The first-order valence-corrected chi connectivity index (χ1v) is 5.79. The van der Waals surface area contributed by atoms with E-state index in [1.807, 2.05) is 26.8 Å². The fraction of sp³-hybridized carbons (Fsp3) is 0.727. The highest BCUT2D eigenvalue weighted by Gasteiger charge is 2.54. The molecule has 3 rings (SSSR count). The lowest BCUT2D eigenvalue weighted by Crippen LogP contribution is -2.43. The summed E-state index contributed by atoms with van der Waals surface area (Å²) in [5.74, 6) is -0.476. The van der Waals surface area contributed by atoms with Crippen LogP contribution in [0.4, 0.5) is 0 Å². The van der Waals surface area contributed by atoms with Crippen LogP contribution in [0.3, 0.4) is 0 Å². The van der Waals surface area contributed by atoms with Gasteiger partial charge < -0.3 is 14.3 Å². The molecule has 5 heteroatoms. The van der Waals surface area contributed by atoms with E-state index in [0.29, 0.717) is 5.03 Å². The number of fused-ring (bicyclic) bond motifs is 3. The van der Waals surface area contributed by atoms with Crippen LogP contribution in [-0.4, -0.2) is 29.8 Å². The maximum Gasteiger partial charge on any atom is 0.164 e. The predicted molar refractivity (Wildman–Crippen MR) is 59.2 cm³/mol. The smallest absolute Gasteiger partial charge is 0.164 e. The lowest BCUT2D eigenvalue weighted by atomic mass is 9.84. The Labute approximate surface area is 99.2 Å². The summed E-state index contributed by atoms with van der Waals surface area (Å²) >= 11 is 6.18. The number of nitrogens with zero attached hydrogens (tertiary/aromatic N) is 1. The van der Waals surface area contributed by atoms with Gasteiger partial charge in [0.05, 0.1) is 11.6 Å². The largest absolute Gasteiger partial charge is 0.387 e. The third-order valence-electron chi connectivity index (χ3n) is 3.23. The van der Waals surface area contributed by atoms with Gasteiger partial charge in [0.2, 0.25) is 0 Å². The Morgan fingerprint density at radius 3 is 2.88 bits per heavy atom. The molecule has 1 aliphatic carbocycles. The van der Waals surface area contributed by atoms with Gasteiger partial charge >= 0.3 is 0 Å². The van der Waals surface area contributed by atoms with Crippen molar-refractivity contribution in [3.8, 4) is 0 Å². The van der Waals surface area contributed by atoms with Crippen molar-refractivity contribution >= 4 is 17.3 Å². The molecule has 0 aromatic rings. The van der Waals surface area contributed by atoms with Gasteiger partial charge in [0.25, 0.3) is 0 Å². The van der Waals surface area contributed by atoms with E-state index in [1.54, 1.807) is 0 Å². The Morgan fingerprint density at radius 2 is 2.12 bits per heavy atom. The number of hydrogen-bond donors (Lipinski definition) is 0. The SMILES string of the molecule is CC1=NO[C@@H]2C=C(Cl)[C@H]3OC(C)(C)O[C@H]3[C@H]12. The number of ether oxygens (including phenoxy) is 2. The molecular weight excluding hydrogens is 230 g/mol. The second-order valence-corrected chi connectivity index (χ2v) is 5.34. The van der Waals surface area contributed by atoms with Gasteiger partial charge in [-0.25, -0.2) is 0 Å². The molecule has 3 aliphatic rings. The monoisotopic (exact) mass is 243 g/mol. The van der Waals surface area contributed by atoms with Gasteiger partial charge in [0, 0.05) is 5.03 Å². The van der Waals surface area contributed by atoms with Crippen LogP contribution in [0.1, 0.15) is 20.8 Å². The summed E-state index contributed by atoms with van der Waals surface area (Å²) in [7, 11) is 0. The Kier molecular flexibility index (Phi) is 2.12. The minimum Gasteiger partial charge on any atom is -0.387 e. The van der Waals surface area contributed by atoms with Gasteiger partial charge in [0.15, 0.2) is 11.9 Å². The molecule has 0 N–H and O–H groups in total. The first-order valence-electron chi connectivity index (χ1n) is 5.41. The highest BCUT2D eigenvalue weighted by atomic mass is 35.5. The van der Waals surface area contributed by atoms with Crippen molar-refractivity contribution in [1.82, 2.24) is 0 Å². The second kappa shape index (κ2) is 3.22. The molecule has 0 unspecified atom stereocenters. The van der Waals surface area contributed by atoms with Gasteiger partial charge in [-0.05, 0) is 26.8 Å². The van der Waals surface area contributed by atoms with E-state index in [0.717, 1.165) is 5.71 Å². The number of hydrogen-bond acceptors (Lipinski definition) is 4. The van der Waals surface area contributed by atoms with Crippen LogP contribution in [-0.2, 0) is 14.3 Å². The summed E-state index contributed by atoms with van der Waals surface area (Å²) in [6, 6.07) is 0. The lowest BCUT2D eigenvalue weighted by molar-refractivity contribution is -0.146. The zero-order valence-electron chi connectivity index (χ0n) is 9.44. The van der Waals surface area contributed by atoms with Crippen molar-refractivity contribution in [2.45, 2.75) is 44.9 Å². The summed E-state index contributed by atoms with van der Waals surface area (Å²) < 4.78 is 11.7. The standard InChI is InChI=1S/C11H14ClNO3/c1-5-8-7(16-13-5)4-6(12)9-10(8)15-11(2,3)14-9/h4,7-10H,1-3H3/t7-,8-,9-,10+/m1/s1. The van der Waals surface area contributed by atoms with Gasteiger partial charge in [-0.15, -0.1) is 0 Å². The van der Waals surface area contributed by atoms with E-state index in [1.165, 1.54) is 0 Å². The summed E-state index contributed by atoms with van der Waals surface area (Å²) in [5.41, 5.74) is 0.946. The maximum atomic E-state index is 6.18. The van der Waals surface area contributed by atoms with Gasteiger partial charge in [-0.3, -0.25) is 0 Å². The molecule has 0 aromatic carbocycles. The van der Waals surface area contributed by atoms with Crippen molar-refractivity contribution < 1.29 is 14.3 Å². The van der Waals surface area contributed by atoms with Crippen LogP contribution in [0, 0.1) is 5.92 Å². The van der Waals surface area contributed by atoms with E-state index < -0.39 is 5.79 Å². The highest BCUT2D eigenvalue weighted by molar-refractivity contribution is 6.30. The molecule has 0 aromatic heterocycles. The normalized spacial score (nSPS) is 44.2. The van der Waals surface area contributed by atoms with Crippen molar-refractivity contribution in [3.05, 3.63) is 11.1 Å². The van der Waals surface area contributed by atoms with Gasteiger partial charge in [-0.1, -0.05) is 16.8 Å². The van der Waals surface area contributed by atoms with E-state index in [4.69, 9.17) is 25.9 Å². The van der Waals surface area contributed by atoms with Crippen LogP contribution in [0.2, 0.25) is 0 Å². The van der Waals surface area contributed by atoms with Crippen LogP contribution >= 0.6 is 11.6 Å². The van der Waals surface area contributed by atoms with Crippen LogP contribution in [0.25, 0.3) is 0 Å². The Balaban J connectivity index is 1.98. The zero-order chi connectivity index (χ0) is 11.5. The first kappa shape index (κ1) is 10.6. The zero-order valence-corrected chi connectivity index (χ0v) is 10.2. The molecule has 1 saturated heterocycles. The van der Waals surface area contributed by atoms with Gasteiger partial charge in [-0.2, -0.15) is 0 Å². The average Bonchev–Trinajstić information content (AvgIpc) is 2.67. The molecule has 88 valence electrons. The summed E-state index contributed by atoms with van der Waals surface area (Å²) in [5, 5.41) is 4.66. The van der Waals surface area contributed by atoms with Crippen LogP contribution < -0.4 is 0 Å². The first-order chi connectivity index (χ1) is 7.48. The molecule has 0 amide bonds. The van der Waals surface area contributed by atoms with E-state index >= 15 is 0 Å². The number of oxime groups is 1. The number of halogens is 1. The minimum atomic E-state index is -0.596. The fourth-order valence-electron chi connectivity index (χ4n) is 2.58. The van der Waals surface area contributed by atoms with E-state index in [2.05, 4.69) is 5.16 Å². The van der Waals surface area contributed by atoms with Crippen molar-refractivity contribution in [1.29, 1.82) is 0 Å². The maximum absolute atomic E-state index is 6.18. The third kappa shape index (κ3) is 1.40. The van der Waals surface area contributed by atoms with Crippen molar-refractivity contribution in [3.63, 3.8) is 0 Å². The molecule has 2 heterocycles. The fourth-order valence-corrected chi connectivity index (χ4v) is 2.88. The molecule has 16 heavy (non-hydrogen) atoms. The quantitative estimate of drug-likeness (QED) is 0.654. The van der Waals surface area contributed by atoms with Crippen molar-refractivity contribution in [2.75, 3.05) is 0 Å². The lowest BCUT2D eigenvalue weighted by Gasteiger charge is -2.29. The summed E-state index contributed by atoms with van der Waals surface area (Å²) in [6.07, 6.45) is 1.48. The van der Waals surface area contributed by atoms with E-state index in [-0.39, 0.29) is 24.2 Å². The van der Waals surface area contributed by atoms with Crippen LogP contribution in [0.5, 0.6) is 0 Å². The molecule has 4 atom stereocenters. The third-order valence-corrected chi connectivity index (χ3v) is 3.57. The topological polar surface area (TPSA) is 40.0 Å². The summed E-state index contributed by atoms with van der Waals surface area (Å²) in [6.45, 7) is 5.74. The molecule has 1 fully saturated rings. The second-order valence-electron chi connectivity index (χ2n) is 4.90. The molecule has 2 aliphatic heterocycles. The van der Waals surface area contributed by atoms with E-state index in [9.17, 15) is 0 Å². The van der Waals surface area contributed by atoms with Crippen LogP contribution in [0.15, 0.2) is 16.3 Å². The van der Waals surface area contributed by atoms with Gasteiger partial charge in [0.1, 0.15) is 12.2 Å². The molecule has 4 nitrogen and oxygen atoms in total. The Morgan fingerprint density at radius 1 is 1.38 bits per heavy atom. The average molecular weight is 244 g/mol. The number of rotatable bonds is 0. The Bertz CT molecular complexity index is 391. The molecule has 0 bridgehead atoms. The molecular formula is C11H14ClNO3. The molecule has 0 radical (unpaired) electrons. The highest BCUT2D eigenvalue weighted by Crippen LogP contribution is 2.44. The molecule has 0 saturated carbocycles. The summed E-state index contributed by atoms with van der Waals surface area (Å²) in [4.78, 5) is 5.31. The molecule has 0 spiro atoms. The van der Waals surface area contributed by atoms with Crippen molar-refractivity contribution in [2.24, 2.45) is 11.1 Å². The Hall–Kier alpha value is -0.580. The minimum absolute atomic E-state index is 0.0938.